The summed E-state index contributed by atoms with van der Waals surface area (Å²) in [6.45, 7) is 1.80. The van der Waals surface area contributed by atoms with E-state index >= 15 is 0 Å². The maximum Gasteiger partial charge on any atom is 0.488 e. The van der Waals surface area contributed by atoms with Crippen LogP contribution in [0.5, 0.6) is 0 Å². The number of hydrogen-bond acceptors (Lipinski definition) is 16. The molecule has 8 heterocycles. The summed E-state index contributed by atoms with van der Waals surface area (Å²) >= 11 is 16.6. The molecular formula is C66H52BCl3N4O12S3. The summed E-state index contributed by atoms with van der Waals surface area (Å²) in [7, 11) is -11.1. The molecule has 0 aliphatic heterocycles. The average Bonchev–Trinajstić information content (AvgIpc) is 4.42. The van der Waals surface area contributed by atoms with Gasteiger partial charge in [0.1, 0.15) is 45.6 Å². The molecule has 23 heteroatoms. The van der Waals surface area contributed by atoms with Crippen LogP contribution in [0.15, 0.2) is 252 Å². The number of sulfone groups is 3. The fourth-order valence-corrected chi connectivity index (χ4v) is 9.27. The van der Waals surface area contributed by atoms with E-state index < -0.39 is 36.6 Å². The Morgan fingerprint density at radius 3 is 1.20 bits per heavy atom. The molecule has 0 aliphatic carbocycles. The normalized spacial score (nSPS) is 10.5. The number of pyridine rings is 4. The lowest BCUT2D eigenvalue weighted by molar-refractivity contribution is 0.425. The summed E-state index contributed by atoms with van der Waals surface area (Å²) in [4.78, 5) is 17.5. The fourth-order valence-electron chi connectivity index (χ4n) is 6.84. The first-order valence-corrected chi connectivity index (χ1v) is 32.7. The molecule has 0 saturated carbocycles. The minimum Gasteiger partial charge on any atom is -0.472 e. The Labute approximate surface area is 531 Å². The van der Waals surface area contributed by atoms with Crippen LogP contribution in [-0.4, -0.2) is 81.1 Å². The van der Waals surface area contributed by atoms with Crippen LogP contribution >= 0.6 is 34.8 Å². The van der Waals surface area contributed by atoms with Gasteiger partial charge in [-0.05, 0) is 146 Å². The molecular weight excluding hydrogens is 1250 g/mol. The van der Waals surface area contributed by atoms with E-state index in [1.807, 2.05) is 66.7 Å². The van der Waals surface area contributed by atoms with Gasteiger partial charge in [0.25, 0.3) is 0 Å². The number of hydrogen-bond donors (Lipinski definition) is 2. The van der Waals surface area contributed by atoms with E-state index in [9.17, 15) is 25.3 Å². The van der Waals surface area contributed by atoms with Crippen molar-refractivity contribution in [2.24, 2.45) is 0 Å². The molecule has 16 nitrogen and oxygen atoms in total. The van der Waals surface area contributed by atoms with Gasteiger partial charge < -0.3 is 27.7 Å². The van der Waals surface area contributed by atoms with Crippen molar-refractivity contribution in [1.29, 1.82) is 0 Å². The lowest BCUT2D eigenvalue weighted by Crippen LogP contribution is -2.29. The van der Waals surface area contributed by atoms with Crippen molar-refractivity contribution in [2.45, 2.75) is 21.6 Å². The minimum absolute atomic E-state index is 0.164. The van der Waals surface area contributed by atoms with E-state index in [4.69, 9.17) is 62.5 Å². The van der Waals surface area contributed by atoms with Gasteiger partial charge >= 0.3 is 7.12 Å². The van der Waals surface area contributed by atoms with Crippen LogP contribution in [0.2, 0.25) is 15.5 Å². The molecule has 3 aromatic carbocycles. The van der Waals surface area contributed by atoms with E-state index in [2.05, 4.69) is 55.5 Å². The second-order valence-corrected chi connectivity index (χ2v) is 25.3. The van der Waals surface area contributed by atoms with Crippen LogP contribution in [0, 0.1) is 35.5 Å². The average molecular weight is 1310 g/mol. The van der Waals surface area contributed by atoms with Crippen LogP contribution < -0.4 is 5.46 Å². The maximum absolute atomic E-state index is 11.5. The summed E-state index contributed by atoms with van der Waals surface area (Å²) in [5, 5.41) is 18.8. The third kappa shape index (κ3) is 24.7. The maximum atomic E-state index is 11.5. The second-order valence-electron chi connectivity index (χ2n) is 18.1. The van der Waals surface area contributed by atoms with Gasteiger partial charge in [-0.15, -0.1) is 5.92 Å². The van der Waals surface area contributed by atoms with Gasteiger partial charge in [-0.25, -0.2) is 45.2 Å². The standard InChI is InChI=1S/C18H15NO3S.C18H13NO3S.C11H6ClNO.C7H9BO4S.C7H6O.C5H3Cl2N/c2*1-23(20,21)17-9-6-15(7-10-17)18-4-2-3-16(19-18)8-5-14-11-12-22-13-14;12-11-3-1-2-10(13-11)5-4-9-6-7-14-8-9;1-13(11,12)7-4-2-6(3-5-7)8(9)10;1-2-3-7-4-5-8-6-7;6-4-2-1-3-5(7)8-4/h2-13H,1H3;2-4,6-7,9-13H,1H3;1-3,6-8H;2-5,9-10H,1H3;4-6H,1H3;1-3H/b8-5-;;;;;. The Morgan fingerprint density at radius 1 is 0.416 bits per heavy atom. The van der Waals surface area contributed by atoms with Crippen LogP contribution in [0.4, 0.5) is 0 Å². The zero-order valence-corrected chi connectivity index (χ0v) is 52.4. The third-order valence-electron chi connectivity index (χ3n) is 11.2. The fraction of sp³-hybridized carbons (Fsp3) is 0.0606. The van der Waals surface area contributed by atoms with Crippen molar-refractivity contribution in [3.05, 3.63) is 275 Å². The molecule has 8 aromatic heterocycles. The predicted octanol–water partition coefficient (Wildman–Crippen LogP) is 12.6. The first kappa shape index (κ1) is 68.6. The quantitative estimate of drug-likeness (QED) is 0.0815. The largest absolute Gasteiger partial charge is 0.488 e. The van der Waals surface area contributed by atoms with Gasteiger partial charge in [0.2, 0.25) is 0 Å². The number of nitrogens with zero attached hydrogens (tertiary/aromatic N) is 4. The molecule has 0 amide bonds. The van der Waals surface area contributed by atoms with Gasteiger partial charge in [-0.1, -0.05) is 113 Å². The zero-order valence-electron chi connectivity index (χ0n) is 47.6. The predicted molar refractivity (Wildman–Crippen MR) is 347 cm³/mol. The summed E-state index contributed by atoms with van der Waals surface area (Å²) < 4.78 is 87.6. The Hall–Kier alpha value is -9.50. The number of halogens is 3. The summed E-state index contributed by atoms with van der Waals surface area (Å²) in [5.74, 6) is 17.3. The lowest BCUT2D eigenvalue weighted by Gasteiger charge is -2.04. The molecule has 0 unspecified atom stereocenters. The topological polar surface area (TPSA) is 247 Å². The number of rotatable bonds is 8. The molecule has 0 saturated heterocycles. The van der Waals surface area contributed by atoms with E-state index in [0.717, 1.165) is 56.7 Å². The minimum atomic E-state index is -3.21. The summed E-state index contributed by atoms with van der Waals surface area (Å²) in [5.41, 5.74) is 9.13. The smallest absolute Gasteiger partial charge is 0.472 e. The highest BCUT2D eigenvalue weighted by molar-refractivity contribution is 7.91. The highest BCUT2D eigenvalue weighted by atomic mass is 35.5. The Morgan fingerprint density at radius 2 is 0.809 bits per heavy atom. The van der Waals surface area contributed by atoms with Crippen LogP contribution in [-0.2, 0) is 29.5 Å². The second kappa shape index (κ2) is 34.2. The number of aromatic nitrogens is 4. The van der Waals surface area contributed by atoms with Crippen molar-refractivity contribution in [3.8, 4) is 58.0 Å². The summed E-state index contributed by atoms with van der Waals surface area (Å²) in [6, 6.07) is 47.7. The first-order valence-electron chi connectivity index (χ1n) is 25.9. The van der Waals surface area contributed by atoms with Gasteiger partial charge in [0.05, 0.1) is 79.8 Å². The molecule has 89 heavy (non-hydrogen) atoms. The van der Waals surface area contributed by atoms with E-state index in [0.29, 0.717) is 31.7 Å². The Balaban J connectivity index is 0.000000178. The van der Waals surface area contributed by atoms with E-state index in [1.54, 1.807) is 148 Å². The lowest BCUT2D eigenvalue weighted by atomic mass is 9.81. The van der Waals surface area contributed by atoms with Crippen LogP contribution in [0.1, 0.15) is 46.3 Å². The Bertz CT molecular complexity index is 4580. The SMILES string of the molecule is CC#Cc1ccoc1.CS(=O)(=O)c1ccc(-c2cccc(/C=C\c3ccoc3)n2)cc1.CS(=O)(=O)c1ccc(-c2cccc(C#Cc3ccoc3)n2)cc1.CS(=O)(=O)c1ccc(B(O)O)cc1.Clc1cccc(C#Cc2ccoc2)n1.Clc1cccc(Cl)n1. The van der Waals surface area contributed by atoms with E-state index in [1.165, 1.54) is 36.8 Å². The number of benzene rings is 3. The van der Waals surface area contributed by atoms with Crippen molar-refractivity contribution in [1.82, 2.24) is 19.9 Å². The molecule has 2 N–H and O–H groups in total. The van der Waals surface area contributed by atoms with Crippen molar-refractivity contribution >= 4 is 89.0 Å². The zero-order chi connectivity index (χ0) is 64.2. The molecule has 11 aromatic rings. The summed E-state index contributed by atoms with van der Waals surface area (Å²) in [6.07, 6.45) is 20.1. The van der Waals surface area contributed by atoms with Gasteiger partial charge in [0.15, 0.2) is 29.5 Å². The molecule has 0 aliphatic rings. The van der Waals surface area contributed by atoms with Crippen molar-refractivity contribution in [3.63, 3.8) is 0 Å². The molecule has 450 valence electrons. The molecule has 0 atom stereocenters. The monoisotopic (exact) mass is 1300 g/mol. The molecule has 0 fully saturated rings. The van der Waals surface area contributed by atoms with Crippen LogP contribution in [0.25, 0.3) is 34.7 Å². The Kier molecular flexibility index (Phi) is 26.3. The molecule has 0 bridgehead atoms. The third-order valence-corrected chi connectivity index (χ3v) is 15.2. The van der Waals surface area contributed by atoms with Crippen LogP contribution in [0.3, 0.4) is 0 Å². The van der Waals surface area contributed by atoms with Crippen molar-refractivity contribution in [2.75, 3.05) is 18.8 Å². The molecule has 0 radical (unpaired) electrons. The highest BCUT2D eigenvalue weighted by Gasteiger charge is 2.13. The van der Waals surface area contributed by atoms with Gasteiger partial charge in [-0.3, -0.25) is 0 Å². The number of furan rings is 4. The molecule has 0 spiro atoms. The van der Waals surface area contributed by atoms with Crippen molar-refractivity contribution < 1.29 is 53.0 Å². The van der Waals surface area contributed by atoms with Gasteiger partial charge in [-0.2, -0.15) is 0 Å². The first-order chi connectivity index (χ1) is 42.5. The molecule has 11 rings (SSSR count). The van der Waals surface area contributed by atoms with E-state index in [-0.39, 0.29) is 15.3 Å². The van der Waals surface area contributed by atoms with Gasteiger partial charge in [0, 0.05) is 35.5 Å². The highest BCUT2D eigenvalue weighted by Crippen LogP contribution is 2.22.